The van der Waals surface area contributed by atoms with Gasteiger partial charge in [-0.05, 0) is 31.2 Å². The number of benzene rings is 1. The van der Waals surface area contributed by atoms with E-state index in [9.17, 15) is 13.2 Å². The van der Waals surface area contributed by atoms with E-state index in [1.165, 1.54) is 19.2 Å². The second-order valence-electron chi connectivity index (χ2n) is 5.93. The second-order valence-corrected chi connectivity index (χ2v) is 7.67. The van der Waals surface area contributed by atoms with E-state index >= 15 is 0 Å². The zero-order valence-electron chi connectivity index (χ0n) is 15.3. The maximum atomic E-state index is 12.3. The third kappa shape index (κ3) is 5.66. The van der Waals surface area contributed by atoms with Crippen molar-refractivity contribution < 1.29 is 22.7 Å². The van der Waals surface area contributed by atoms with Crippen LogP contribution in [-0.4, -0.2) is 72.3 Å². The van der Waals surface area contributed by atoms with Gasteiger partial charge >= 0.3 is 0 Å². The highest BCUT2D eigenvalue weighted by Crippen LogP contribution is 2.24. The number of carbonyl (C=O) groups excluding carboxylic acids is 1. The van der Waals surface area contributed by atoms with E-state index in [0.29, 0.717) is 6.54 Å². The first kappa shape index (κ1) is 20.6. The average molecular weight is 385 g/mol. The van der Waals surface area contributed by atoms with Crippen molar-refractivity contribution in [2.45, 2.75) is 18.2 Å². The molecule has 1 aromatic rings. The first-order chi connectivity index (χ1) is 12.5. The number of nitrogens with zero attached hydrogens (tertiary/aromatic N) is 1. The first-order valence-electron chi connectivity index (χ1n) is 8.74. The normalized spacial score (nSPS) is 15.6. The largest absolute Gasteiger partial charge is 0.495 e. The molecule has 0 atom stereocenters. The highest BCUT2D eigenvalue weighted by Gasteiger charge is 2.21. The average Bonchev–Trinajstić information content (AvgIpc) is 2.65. The number of hydrogen-bond acceptors (Lipinski definition) is 6. The lowest BCUT2D eigenvalue weighted by molar-refractivity contribution is 0.0374. The standard InChI is InChI=1S/C17H27N3O5S/c1-3-19-26(22,23)16-13-14(5-6-15(16)24-2)17(21)18-7-4-8-20-9-11-25-12-10-20/h5-6,13,19H,3-4,7-12H2,1-2H3,(H,18,21). The van der Waals surface area contributed by atoms with Gasteiger partial charge in [-0.15, -0.1) is 0 Å². The molecule has 8 nitrogen and oxygen atoms in total. The van der Waals surface area contributed by atoms with Gasteiger partial charge in [-0.2, -0.15) is 0 Å². The monoisotopic (exact) mass is 385 g/mol. The van der Waals surface area contributed by atoms with Crippen LogP contribution >= 0.6 is 0 Å². The summed E-state index contributed by atoms with van der Waals surface area (Å²) in [6.45, 7) is 6.70. The molecule has 0 bridgehead atoms. The zero-order valence-corrected chi connectivity index (χ0v) is 16.1. The molecule has 9 heteroatoms. The molecule has 0 radical (unpaired) electrons. The van der Waals surface area contributed by atoms with E-state index in [4.69, 9.17) is 9.47 Å². The third-order valence-electron chi connectivity index (χ3n) is 4.09. The lowest BCUT2D eigenvalue weighted by atomic mass is 10.2. The SMILES string of the molecule is CCNS(=O)(=O)c1cc(C(=O)NCCCN2CCOCC2)ccc1OC. The van der Waals surface area contributed by atoms with Gasteiger partial charge in [-0.25, -0.2) is 13.1 Å². The van der Waals surface area contributed by atoms with Crippen molar-refractivity contribution in [3.05, 3.63) is 23.8 Å². The highest BCUT2D eigenvalue weighted by molar-refractivity contribution is 7.89. The summed E-state index contributed by atoms with van der Waals surface area (Å²) in [6, 6.07) is 4.39. The van der Waals surface area contributed by atoms with Crippen LogP contribution in [0.4, 0.5) is 0 Å². The molecular weight excluding hydrogens is 358 g/mol. The Morgan fingerprint density at radius 3 is 2.69 bits per heavy atom. The molecule has 0 aliphatic carbocycles. The molecule has 0 unspecified atom stereocenters. The minimum atomic E-state index is -3.72. The Balaban J connectivity index is 1.95. The van der Waals surface area contributed by atoms with Crippen LogP contribution in [-0.2, 0) is 14.8 Å². The summed E-state index contributed by atoms with van der Waals surface area (Å²) in [5.41, 5.74) is 0.286. The number of rotatable bonds is 9. The Labute approximate surface area is 154 Å². The zero-order chi connectivity index (χ0) is 19.0. The van der Waals surface area contributed by atoms with Crippen molar-refractivity contribution in [3.8, 4) is 5.75 Å². The van der Waals surface area contributed by atoms with E-state index in [1.54, 1.807) is 13.0 Å². The fourth-order valence-electron chi connectivity index (χ4n) is 2.73. The molecule has 1 aliphatic heterocycles. The predicted octanol–water partition coefficient (Wildman–Crippen LogP) is 0.446. The molecule has 1 aromatic carbocycles. The lowest BCUT2D eigenvalue weighted by Crippen LogP contribution is -2.38. The molecule has 0 saturated carbocycles. The van der Waals surface area contributed by atoms with Gasteiger partial charge in [0, 0.05) is 31.7 Å². The Morgan fingerprint density at radius 1 is 1.31 bits per heavy atom. The Morgan fingerprint density at radius 2 is 2.04 bits per heavy atom. The topological polar surface area (TPSA) is 97.0 Å². The molecule has 1 heterocycles. The Kier molecular flexibility index (Phi) is 7.83. The summed E-state index contributed by atoms with van der Waals surface area (Å²) in [5, 5.41) is 2.83. The van der Waals surface area contributed by atoms with Gasteiger partial charge in [0.2, 0.25) is 10.0 Å². The Hall–Kier alpha value is -1.68. The number of carbonyl (C=O) groups is 1. The number of methoxy groups -OCH3 is 1. The summed E-state index contributed by atoms with van der Waals surface area (Å²) < 4.78 is 37.4. The van der Waals surface area contributed by atoms with Gasteiger partial charge < -0.3 is 14.8 Å². The maximum Gasteiger partial charge on any atom is 0.251 e. The molecule has 1 saturated heterocycles. The van der Waals surface area contributed by atoms with Gasteiger partial charge in [0.25, 0.3) is 5.91 Å². The number of amides is 1. The van der Waals surface area contributed by atoms with Crippen LogP contribution in [0, 0.1) is 0 Å². The second kappa shape index (κ2) is 9.86. The van der Waals surface area contributed by atoms with E-state index in [1.807, 2.05) is 0 Å². The van der Waals surface area contributed by atoms with Crippen molar-refractivity contribution in [3.63, 3.8) is 0 Å². The maximum absolute atomic E-state index is 12.3. The van der Waals surface area contributed by atoms with Crippen molar-refractivity contribution in [2.24, 2.45) is 0 Å². The molecule has 2 N–H and O–H groups in total. The van der Waals surface area contributed by atoms with E-state index < -0.39 is 10.0 Å². The van der Waals surface area contributed by atoms with Crippen LogP contribution in [0.3, 0.4) is 0 Å². The fourth-order valence-corrected chi connectivity index (χ4v) is 3.96. The molecule has 26 heavy (non-hydrogen) atoms. The molecule has 1 amide bonds. The molecular formula is C17H27N3O5S. The minimum absolute atomic E-state index is 0.0391. The number of sulfonamides is 1. The van der Waals surface area contributed by atoms with Gasteiger partial charge in [-0.3, -0.25) is 9.69 Å². The molecule has 1 fully saturated rings. The smallest absolute Gasteiger partial charge is 0.251 e. The van der Waals surface area contributed by atoms with E-state index in [2.05, 4.69) is 14.9 Å². The summed E-state index contributed by atoms with van der Waals surface area (Å²) >= 11 is 0. The summed E-state index contributed by atoms with van der Waals surface area (Å²) in [6.07, 6.45) is 0.824. The number of nitrogens with one attached hydrogen (secondary N) is 2. The van der Waals surface area contributed by atoms with Crippen LogP contribution in [0.15, 0.2) is 23.1 Å². The van der Waals surface area contributed by atoms with E-state index in [0.717, 1.165) is 39.3 Å². The van der Waals surface area contributed by atoms with Gasteiger partial charge in [0.05, 0.1) is 20.3 Å². The summed E-state index contributed by atoms with van der Waals surface area (Å²) in [7, 11) is -2.33. The van der Waals surface area contributed by atoms with Crippen LogP contribution in [0.1, 0.15) is 23.7 Å². The van der Waals surface area contributed by atoms with E-state index in [-0.39, 0.29) is 28.7 Å². The number of hydrogen-bond donors (Lipinski definition) is 2. The predicted molar refractivity (Wildman–Crippen MR) is 98.1 cm³/mol. The molecule has 1 aliphatic rings. The third-order valence-corrected chi connectivity index (χ3v) is 5.66. The van der Waals surface area contributed by atoms with Crippen molar-refractivity contribution in [1.82, 2.24) is 14.9 Å². The lowest BCUT2D eigenvalue weighted by Gasteiger charge is -2.26. The number of morpholine rings is 1. The van der Waals surface area contributed by atoms with Gasteiger partial charge in [0.15, 0.2) is 0 Å². The van der Waals surface area contributed by atoms with Crippen LogP contribution in [0.5, 0.6) is 5.75 Å². The first-order valence-corrected chi connectivity index (χ1v) is 10.2. The minimum Gasteiger partial charge on any atom is -0.495 e. The van der Waals surface area contributed by atoms with Gasteiger partial charge in [-0.1, -0.05) is 6.92 Å². The van der Waals surface area contributed by atoms with Gasteiger partial charge in [0.1, 0.15) is 10.6 Å². The van der Waals surface area contributed by atoms with Crippen LogP contribution in [0.25, 0.3) is 0 Å². The molecule has 0 aromatic heterocycles. The van der Waals surface area contributed by atoms with Crippen molar-refractivity contribution in [1.29, 1.82) is 0 Å². The number of ether oxygens (including phenoxy) is 2. The molecule has 0 spiro atoms. The molecule has 146 valence electrons. The van der Waals surface area contributed by atoms with Crippen LogP contribution in [0.2, 0.25) is 0 Å². The summed E-state index contributed by atoms with van der Waals surface area (Å²) in [4.78, 5) is 14.6. The fraction of sp³-hybridized carbons (Fsp3) is 0.588. The van der Waals surface area contributed by atoms with Crippen molar-refractivity contribution in [2.75, 3.05) is 53.0 Å². The molecule has 2 rings (SSSR count). The van der Waals surface area contributed by atoms with Crippen LogP contribution < -0.4 is 14.8 Å². The Bertz CT molecular complexity index is 702. The van der Waals surface area contributed by atoms with Crippen molar-refractivity contribution >= 4 is 15.9 Å². The highest BCUT2D eigenvalue weighted by atomic mass is 32.2. The summed E-state index contributed by atoms with van der Waals surface area (Å²) in [5.74, 6) is -0.0996. The quantitative estimate of drug-likeness (QED) is 0.599.